The van der Waals surface area contributed by atoms with Crippen molar-refractivity contribution < 1.29 is 9.72 Å². The van der Waals surface area contributed by atoms with Crippen molar-refractivity contribution in [3.05, 3.63) is 69.2 Å². The van der Waals surface area contributed by atoms with E-state index in [0.717, 1.165) is 10.3 Å². The van der Waals surface area contributed by atoms with Gasteiger partial charge in [0.25, 0.3) is 5.69 Å². The lowest BCUT2D eigenvalue weighted by Gasteiger charge is -2.07. The van der Waals surface area contributed by atoms with Gasteiger partial charge in [-0.3, -0.25) is 14.9 Å². The summed E-state index contributed by atoms with van der Waals surface area (Å²) in [7, 11) is 0. The fraction of sp³-hybridized carbons (Fsp3) is 0.150. The van der Waals surface area contributed by atoms with Crippen LogP contribution in [0.25, 0.3) is 10.2 Å². The molecule has 4 aromatic rings. The highest BCUT2D eigenvalue weighted by molar-refractivity contribution is 7.99. The van der Waals surface area contributed by atoms with E-state index >= 15 is 0 Å². The number of Topliss-reactive ketones (excluding diaryl/α,β-unsaturated/α-hetero) is 1. The Hall–Kier alpha value is -3.42. The molecule has 0 fully saturated rings. The first-order valence-electron chi connectivity index (χ1n) is 9.66. The summed E-state index contributed by atoms with van der Waals surface area (Å²) in [4.78, 5) is 31.4. The fourth-order valence-corrected chi connectivity index (χ4v) is 4.62. The predicted molar refractivity (Wildman–Crippen MR) is 132 cm³/mol. The zero-order valence-electron chi connectivity index (χ0n) is 17.0. The van der Waals surface area contributed by atoms with Crippen LogP contribution in [0.2, 0.25) is 0 Å². The minimum absolute atomic E-state index is 0.0231. The smallest absolute Gasteiger partial charge is 0.271 e. The molecule has 33 heavy (non-hydrogen) atoms. The van der Waals surface area contributed by atoms with Gasteiger partial charge >= 0.3 is 0 Å². The Balaban J connectivity index is 1.25. The molecule has 0 spiro atoms. The molecule has 10 nitrogen and oxygen atoms in total. The lowest BCUT2D eigenvalue weighted by Crippen LogP contribution is -2.28. The number of aromatic nitrogens is 4. The lowest BCUT2D eigenvalue weighted by molar-refractivity contribution is -0.384. The number of nitrogens with zero attached hydrogens (tertiary/aromatic N) is 4. The first-order chi connectivity index (χ1) is 16.0. The molecule has 2 heterocycles. The maximum absolute atomic E-state index is 12.4. The van der Waals surface area contributed by atoms with Crippen molar-refractivity contribution in [2.45, 2.75) is 18.1 Å². The number of ketones is 1. The van der Waals surface area contributed by atoms with Crippen molar-refractivity contribution in [2.75, 3.05) is 11.1 Å². The second-order valence-corrected chi connectivity index (χ2v) is 9.25. The maximum Gasteiger partial charge on any atom is 0.271 e. The highest BCUT2D eigenvalue weighted by Crippen LogP contribution is 2.26. The summed E-state index contributed by atoms with van der Waals surface area (Å²) in [6.07, 6.45) is 0.142. The standard InChI is InChI=1S/C20H17N7O3S3/c28-14(9-17-22-15-8-13(27(29)30)6-7-16(15)33-17)11-32-20-24-18(25-26-20)23-19(31)21-10-12-4-2-1-3-5-12/h1-8H,9-11H2,(H3,21,23,24,25,26,31). The zero-order chi connectivity index (χ0) is 23.2. The number of nitrogens with one attached hydrogen (secondary N) is 3. The number of thiazole rings is 1. The highest BCUT2D eigenvalue weighted by Gasteiger charge is 2.14. The molecule has 0 saturated heterocycles. The maximum atomic E-state index is 12.4. The van der Waals surface area contributed by atoms with Crippen molar-refractivity contribution in [2.24, 2.45) is 0 Å². The van der Waals surface area contributed by atoms with E-state index in [2.05, 4.69) is 30.8 Å². The second kappa shape index (κ2) is 10.5. The molecular weight excluding hydrogens is 482 g/mol. The molecule has 3 N–H and O–H groups in total. The van der Waals surface area contributed by atoms with E-state index < -0.39 is 4.92 Å². The van der Waals surface area contributed by atoms with E-state index in [1.807, 2.05) is 30.3 Å². The van der Waals surface area contributed by atoms with Gasteiger partial charge in [0.05, 0.1) is 27.3 Å². The van der Waals surface area contributed by atoms with Gasteiger partial charge in [-0.2, -0.15) is 4.98 Å². The SMILES string of the molecule is O=C(CSc1n[nH]c(NC(=S)NCc2ccccc2)n1)Cc1nc2cc([N+](=O)[O-])ccc2s1. The van der Waals surface area contributed by atoms with Crippen LogP contribution in [0.4, 0.5) is 11.6 Å². The number of anilines is 1. The Labute approximate surface area is 201 Å². The number of non-ortho nitro benzene ring substituents is 1. The average Bonchev–Trinajstić information content (AvgIpc) is 3.42. The van der Waals surface area contributed by atoms with E-state index in [-0.39, 0.29) is 23.6 Å². The van der Waals surface area contributed by atoms with E-state index in [9.17, 15) is 14.9 Å². The molecule has 0 aliphatic heterocycles. The molecule has 13 heteroatoms. The van der Waals surface area contributed by atoms with Crippen LogP contribution in [0.15, 0.2) is 53.7 Å². The normalized spacial score (nSPS) is 10.8. The topological polar surface area (TPSA) is 139 Å². The largest absolute Gasteiger partial charge is 0.358 e. The van der Waals surface area contributed by atoms with Gasteiger partial charge in [0.15, 0.2) is 5.11 Å². The molecule has 0 aliphatic rings. The van der Waals surface area contributed by atoms with Crippen molar-refractivity contribution in [3.63, 3.8) is 0 Å². The average molecular weight is 500 g/mol. The van der Waals surface area contributed by atoms with Crippen molar-refractivity contribution in [1.29, 1.82) is 0 Å². The third-order valence-corrected chi connectivity index (χ3v) is 6.52. The molecule has 2 aromatic heterocycles. The molecule has 0 unspecified atom stereocenters. The number of hydrogen-bond donors (Lipinski definition) is 3. The number of benzene rings is 2. The Morgan fingerprint density at radius 3 is 2.82 bits per heavy atom. The molecule has 0 bridgehead atoms. The summed E-state index contributed by atoms with van der Waals surface area (Å²) in [5.74, 6) is 0.501. The number of aromatic amines is 1. The molecule has 0 amide bonds. The van der Waals surface area contributed by atoms with Crippen molar-refractivity contribution in [1.82, 2.24) is 25.5 Å². The third kappa shape index (κ3) is 6.31. The quantitative estimate of drug-likeness (QED) is 0.135. The van der Waals surface area contributed by atoms with Crippen LogP contribution in [0.1, 0.15) is 10.6 Å². The van der Waals surface area contributed by atoms with Gasteiger partial charge in [-0.15, -0.1) is 16.4 Å². The van der Waals surface area contributed by atoms with Crippen molar-refractivity contribution in [3.8, 4) is 0 Å². The minimum Gasteiger partial charge on any atom is -0.358 e. The third-order valence-electron chi connectivity index (χ3n) is 4.33. The molecule has 168 valence electrons. The van der Waals surface area contributed by atoms with Crippen LogP contribution in [-0.2, 0) is 17.8 Å². The Bertz CT molecular complexity index is 1310. The monoisotopic (exact) mass is 499 g/mol. The van der Waals surface area contributed by atoms with E-state index in [1.165, 1.54) is 35.2 Å². The Morgan fingerprint density at radius 1 is 1.21 bits per heavy atom. The van der Waals surface area contributed by atoms with Gasteiger partial charge in [0, 0.05) is 18.7 Å². The number of hydrogen-bond acceptors (Lipinski definition) is 9. The van der Waals surface area contributed by atoms with Gasteiger partial charge in [0.1, 0.15) is 10.8 Å². The number of thiocarbonyl (C=S) groups is 1. The first-order valence-corrected chi connectivity index (χ1v) is 11.9. The lowest BCUT2D eigenvalue weighted by atomic mass is 10.2. The van der Waals surface area contributed by atoms with E-state index in [1.54, 1.807) is 6.07 Å². The fourth-order valence-electron chi connectivity index (χ4n) is 2.81. The van der Waals surface area contributed by atoms with Gasteiger partial charge in [-0.1, -0.05) is 42.1 Å². The number of H-pyrrole nitrogens is 1. The molecule has 0 atom stereocenters. The number of nitro benzene ring substituents is 1. The van der Waals surface area contributed by atoms with Crippen LogP contribution in [0, 0.1) is 10.1 Å². The summed E-state index contributed by atoms with van der Waals surface area (Å²) < 4.78 is 0.803. The number of fused-ring (bicyclic) bond motifs is 1. The van der Waals surface area contributed by atoms with E-state index in [0.29, 0.717) is 33.3 Å². The number of thioether (sulfide) groups is 1. The van der Waals surface area contributed by atoms with Gasteiger partial charge in [0.2, 0.25) is 11.1 Å². The molecule has 0 saturated carbocycles. The van der Waals surface area contributed by atoms with Gasteiger partial charge < -0.3 is 10.6 Å². The molecule has 0 radical (unpaired) electrons. The van der Waals surface area contributed by atoms with Gasteiger partial charge in [-0.25, -0.2) is 10.1 Å². The Kier molecular flexibility index (Phi) is 7.22. The van der Waals surface area contributed by atoms with Crippen LogP contribution < -0.4 is 10.6 Å². The summed E-state index contributed by atoms with van der Waals surface area (Å²) in [6.45, 7) is 0.579. The molecule has 4 rings (SSSR count). The predicted octanol–water partition coefficient (Wildman–Crippen LogP) is 3.71. The van der Waals surface area contributed by atoms with Crippen LogP contribution in [-0.4, -0.2) is 41.7 Å². The van der Waals surface area contributed by atoms with Crippen LogP contribution in [0.5, 0.6) is 0 Å². The first kappa shape index (κ1) is 22.8. The number of nitro groups is 1. The van der Waals surface area contributed by atoms with E-state index in [4.69, 9.17) is 12.2 Å². The zero-order valence-corrected chi connectivity index (χ0v) is 19.4. The van der Waals surface area contributed by atoms with Crippen molar-refractivity contribution >= 4 is 68.1 Å². The summed E-state index contributed by atoms with van der Waals surface area (Å²) in [6, 6.07) is 14.3. The number of carbonyl (C=O) groups is 1. The molecular formula is C20H17N7O3S3. The number of rotatable bonds is 9. The summed E-state index contributed by atoms with van der Waals surface area (Å²) >= 11 is 7.81. The second-order valence-electron chi connectivity index (χ2n) is 6.78. The Morgan fingerprint density at radius 2 is 2.03 bits per heavy atom. The summed E-state index contributed by atoms with van der Waals surface area (Å²) in [5, 5.41) is 25.2. The van der Waals surface area contributed by atoms with Gasteiger partial charge in [-0.05, 0) is 23.8 Å². The number of carbonyl (C=O) groups excluding carboxylic acids is 1. The molecule has 2 aromatic carbocycles. The highest BCUT2D eigenvalue weighted by atomic mass is 32.2. The minimum atomic E-state index is -0.466. The van der Waals surface area contributed by atoms with Crippen LogP contribution >= 0.6 is 35.3 Å². The molecule has 0 aliphatic carbocycles. The van der Waals surface area contributed by atoms with Crippen LogP contribution in [0.3, 0.4) is 0 Å². The summed E-state index contributed by atoms with van der Waals surface area (Å²) in [5.41, 5.74) is 1.59.